The third-order valence-corrected chi connectivity index (χ3v) is 6.37. The number of halogens is 1. The van der Waals surface area contributed by atoms with Crippen LogP contribution in [0.5, 0.6) is 0 Å². The third kappa shape index (κ3) is 5.49. The van der Waals surface area contributed by atoms with E-state index in [1.807, 2.05) is 72.8 Å². The Hall–Kier alpha value is -3.77. The van der Waals surface area contributed by atoms with Gasteiger partial charge in [0.25, 0.3) is 0 Å². The number of carbonyl (C=O) groups excluding carboxylic acids is 1. The Labute approximate surface area is 210 Å². The Bertz CT molecular complexity index is 1270. The van der Waals surface area contributed by atoms with Crippen molar-refractivity contribution in [1.29, 1.82) is 0 Å². The fourth-order valence-electron chi connectivity index (χ4n) is 4.40. The summed E-state index contributed by atoms with van der Waals surface area (Å²) in [4.78, 5) is 17.6. The van der Waals surface area contributed by atoms with E-state index >= 15 is 0 Å². The molecule has 178 valence electrons. The number of hydrogen-bond acceptors (Lipinski definition) is 4. The highest BCUT2D eigenvalue weighted by molar-refractivity contribution is 6.30. The van der Waals surface area contributed by atoms with Crippen LogP contribution in [0.15, 0.2) is 89.5 Å². The van der Waals surface area contributed by atoms with Crippen LogP contribution in [0.4, 0.5) is 16.4 Å². The smallest absolute Gasteiger partial charge is 0.322 e. The minimum atomic E-state index is -0.219. The summed E-state index contributed by atoms with van der Waals surface area (Å²) in [6.45, 7) is 2.63. The van der Waals surface area contributed by atoms with Crippen molar-refractivity contribution in [3.05, 3.63) is 101 Å². The van der Waals surface area contributed by atoms with E-state index < -0.39 is 0 Å². The van der Waals surface area contributed by atoms with Crippen LogP contribution in [0.2, 0.25) is 5.02 Å². The van der Waals surface area contributed by atoms with E-state index in [9.17, 15) is 4.79 Å². The van der Waals surface area contributed by atoms with Crippen LogP contribution in [0, 0.1) is 0 Å². The predicted octanol–water partition coefficient (Wildman–Crippen LogP) is 6.83. The molecule has 2 amide bonds. The highest BCUT2D eigenvalue weighted by Gasteiger charge is 2.27. The first-order chi connectivity index (χ1) is 17.2. The van der Waals surface area contributed by atoms with E-state index in [1.165, 1.54) is 0 Å². The van der Waals surface area contributed by atoms with Crippen molar-refractivity contribution >= 4 is 29.2 Å². The van der Waals surface area contributed by atoms with Crippen molar-refractivity contribution in [3.8, 4) is 11.3 Å². The summed E-state index contributed by atoms with van der Waals surface area (Å²) in [5.74, 6) is 0.745. The lowest BCUT2D eigenvalue weighted by molar-refractivity contribution is 0.206. The fourth-order valence-corrected chi connectivity index (χ4v) is 4.59. The number of carbonyl (C=O) groups is 1. The summed E-state index contributed by atoms with van der Waals surface area (Å²) in [6.07, 6.45) is 2.23. The standard InChI is InChI=1S/C28H27ClN4O2/c29-23-14-9-15-24(18-23)30-28(34)33(19-21-10-3-1-4-11-21)20-25-26(22-12-5-2-6-13-22)31-35-27(25)32-16-7-8-17-32/h1-6,9-15,18H,7-8,16-17,19-20H2,(H,30,34). The van der Waals surface area contributed by atoms with Crippen LogP contribution < -0.4 is 10.2 Å². The van der Waals surface area contributed by atoms with Crippen molar-refractivity contribution in [2.45, 2.75) is 25.9 Å². The van der Waals surface area contributed by atoms with Gasteiger partial charge in [0.15, 0.2) is 0 Å². The highest BCUT2D eigenvalue weighted by Crippen LogP contribution is 2.34. The van der Waals surface area contributed by atoms with Gasteiger partial charge in [0.1, 0.15) is 5.69 Å². The van der Waals surface area contributed by atoms with Crippen molar-refractivity contribution in [2.24, 2.45) is 0 Å². The zero-order chi connectivity index (χ0) is 24.0. The average molecular weight is 487 g/mol. The van der Waals surface area contributed by atoms with Gasteiger partial charge in [-0.2, -0.15) is 0 Å². The molecule has 1 fully saturated rings. The van der Waals surface area contributed by atoms with Crippen molar-refractivity contribution < 1.29 is 9.32 Å². The van der Waals surface area contributed by atoms with Gasteiger partial charge in [-0.3, -0.25) is 0 Å². The first kappa shape index (κ1) is 23.0. The second-order valence-electron chi connectivity index (χ2n) is 8.66. The number of aromatic nitrogens is 1. The van der Waals surface area contributed by atoms with Crippen molar-refractivity contribution in [2.75, 3.05) is 23.3 Å². The Morgan fingerprint density at radius 3 is 2.37 bits per heavy atom. The summed E-state index contributed by atoms with van der Waals surface area (Å²) < 4.78 is 5.90. The lowest BCUT2D eigenvalue weighted by atomic mass is 10.1. The lowest BCUT2D eigenvalue weighted by Gasteiger charge is -2.25. The normalized spacial score (nSPS) is 13.1. The average Bonchev–Trinajstić information content (AvgIpc) is 3.55. The number of rotatable bonds is 7. The Balaban J connectivity index is 1.50. The first-order valence-electron chi connectivity index (χ1n) is 11.8. The first-order valence-corrected chi connectivity index (χ1v) is 12.2. The van der Waals surface area contributed by atoms with Gasteiger partial charge in [-0.25, -0.2) is 4.79 Å². The molecule has 2 heterocycles. The highest BCUT2D eigenvalue weighted by atomic mass is 35.5. The number of nitrogens with one attached hydrogen (secondary N) is 1. The number of anilines is 2. The molecular formula is C28H27ClN4O2. The molecule has 0 aliphatic carbocycles. The van der Waals surface area contributed by atoms with Crippen molar-refractivity contribution in [1.82, 2.24) is 10.1 Å². The summed E-state index contributed by atoms with van der Waals surface area (Å²) in [7, 11) is 0. The topological polar surface area (TPSA) is 61.6 Å². The monoisotopic (exact) mass is 486 g/mol. The van der Waals surface area contributed by atoms with Gasteiger partial charge in [-0.1, -0.05) is 83.5 Å². The SMILES string of the molecule is O=C(Nc1cccc(Cl)c1)N(Cc1ccccc1)Cc1c(-c2ccccc2)noc1N1CCCC1. The summed E-state index contributed by atoms with van der Waals surface area (Å²) in [5.41, 5.74) is 4.33. The zero-order valence-electron chi connectivity index (χ0n) is 19.4. The summed E-state index contributed by atoms with van der Waals surface area (Å²) in [6, 6.07) is 26.9. The molecule has 0 bridgehead atoms. The van der Waals surface area contributed by atoms with Crippen LogP contribution >= 0.6 is 11.6 Å². The van der Waals surface area contributed by atoms with Crippen LogP contribution in [0.3, 0.4) is 0 Å². The molecule has 1 aromatic heterocycles. The Kier molecular flexibility index (Phi) is 7.00. The van der Waals surface area contributed by atoms with Gasteiger partial charge >= 0.3 is 6.03 Å². The maximum absolute atomic E-state index is 13.5. The van der Waals surface area contributed by atoms with Gasteiger partial charge in [-0.05, 0) is 36.6 Å². The van der Waals surface area contributed by atoms with E-state index in [4.69, 9.17) is 16.1 Å². The molecule has 3 aromatic carbocycles. The molecule has 7 heteroatoms. The number of hydrogen-bond donors (Lipinski definition) is 1. The number of urea groups is 1. The van der Waals surface area contributed by atoms with Crippen LogP contribution in [0.25, 0.3) is 11.3 Å². The van der Waals surface area contributed by atoms with Gasteiger partial charge in [0.2, 0.25) is 5.88 Å². The Morgan fingerprint density at radius 2 is 1.66 bits per heavy atom. The molecule has 1 saturated heterocycles. The molecule has 4 aromatic rings. The minimum Gasteiger partial charge on any atom is -0.340 e. The van der Waals surface area contributed by atoms with E-state index in [-0.39, 0.29) is 6.03 Å². The van der Waals surface area contributed by atoms with Crippen LogP contribution in [-0.2, 0) is 13.1 Å². The van der Waals surface area contributed by atoms with Gasteiger partial charge in [0, 0.05) is 35.9 Å². The molecule has 0 saturated carbocycles. The van der Waals surface area contributed by atoms with Crippen LogP contribution in [-0.4, -0.2) is 29.2 Å². The largest absolute Gasteiger partial charge is 0.340 e. The van der Waals surface area contributed by atoms with E-state index in [0.29, 0.717) is 23.8 Å². The van der Waals surface area contributed by atoms with Gasteiger partial charge < -0.3 is 19.6 Å². The summed E-state index contributed by atoms with van der Waals surface area (Å²) in [5, 5.41) is 8.02. The molecule has 5 rings (SSSR count). The van der Waals surface area contributed by atoms with Gasteiger partial charge in [-0.15, -0.1) is 0 Å². The molecule has 0 radical (unpaired) electrons. The third-order valence-electron chi connectivity index (χ3n) is 6.14. The minimum absolute atomic E-state index is 0.219. The Morgan fingerprint density at radius 1 is 0.943 bits per heavy atom. The number of amides is 2. The second kappa shape index (κ2) is 10.7. The van der Waals surface area contributed by atoms with E-state index in [2.05, 4.69) is 15.4 Å². The molecule has 1 aliphatic rings. The van der Waals surface area contributed by atoms with Crippen molar-refractivity contribution in [3.63, 3.8) is 0 Å². The molecule has 6 nitrogen and oxygen atoms in total. The number of nitrogens with zero attached hydrogens (tertiary/aromatic N) is 3. The summed E-state index contributed by atoms with van der Waals surface area (Å²) >= 11 is 6.14. The predicted molar refractivity (Wildman–Crippen MR) is 140 cm³/mol. The molecule has 1 N–H and O–H groups in total. The maximum Gasteiger partial charge on any atom is 0.322 e. The second-order valence-corrected chi connectivity index (χ2v) is 9.09. The zero-order valence-corrected chi connectivity index (χ0v) is 20.1. The molecule has 0 spiro atoms. The molecular weight excluding hydrogens is 460 g/mol. The fraction of sp³-hybridized carbons (Fsp3) is 0.214. The molecule has 0 atom stereocenters. The number of benzene rings is 3. The molecule has 1 aliphatic heterocycles. The van der Waals surface area contributed by atoms with E-state index in [1.54, 1.807) is 17.0 Å². The quantitative estimate of drug-likeness (QED) is 0.311. The lowest BCUT2D eigenvalue weighted by Crippen LogP contribution is -2.34. The molecule has 0 unspecified atom stereocenters. The van der Waals surface area contributed by atoms with Gasteiger partial charge in [0.05, 0.1) is 12.1 Å². The molecule has 35 heavy (non-hydrogen) atoms. The maximum atomic E-state index is 13.5. The van der Waals surface area contributed by atoms with E-state index in [0.717, 1.165) is 54.2 Å². The van der Waals surface area contributed by atoms with Crippen LogP contribution in [0.1, 0.15) is 24.0 Å².